The maximum absolute atomic E-state index is 13.8. The molecule has 5 rings (SSSR count). The van der Waals surface area contributed by atoms with Crippen molar-refractivity contribution in [3.05, 3.63) is 12.2 Å². The van der Waals surface area contributed by atoms with Crippen LogP contribution in [0.4, 0.5) is 0 Å². The van der Waals surface area contributed by atoms with Crippen molar-refractivity contribution in [2.24, 2.45) is 29.6 Å². The predicted molar refractivity (Wildman–Crippen MR) is 98.6 cm³/mol. The molecule has 3 saturated heterocycles. The van der Waals surface area contributed by atoms with Crippen LogP contribution in [-0.4, -0.2) is 50.4 Å². The lowest BCUT2D eigenvalue weighted by Crippen LogP contribution is -2.56. The number of nitrogens with zero attached hydrogens (tertiary/aromatic N) is 1. The number of carbonyl (C=O) groups is 3. The number of amides is 1. The Morgan fingerprint density at radius 1 is 1.26 bits per heavy atom. The van der Waals surface area contributed by atoms with E-state index in [2.05, 4.69) is 28.1 Å². The topological polar surface area (TPSA) is 83.9 Å². The predicted octanol–water partition coefficient (Wildman–Crippen LogP) is 1.79. The lowest BCUT2D eigenvalue weighted by molar-refractivity contribution is -0.148. The number of alkyl halides is 1. The van der Waals surface area contributed by atoms with Crippen molar-refractivity contribution < 1.29 is 24.2 Å². The highest BCUT2D eigenvalue weighted by atomic mass is 79.9. The molecule has 5 aliphatic rings. The van der Waals surface area contributed by atoms with Crippen molar-refractivity contribution in [2.75, 3.05) is 6.54 Å². The Kier molecular flexibility index (Phi) is 3.74. The SMILES string of the molecule is C[C@H]1C=C[C@H]2CCCC[C@@H]2C1C(=O)[C@@]1(Br)C(=O)N2CC[C@H]3C(=O)O[C@@H]1[C@]32O. The molecule has 146 valence electrons. The first kappa shape index (κ1) is 17.9. The number of halogens is 1. The summed E-state index contributed by atoms with van der Waals surface area (Å²) in [6.07, 6.45) is 7.80. The maximum Gasteiger partial charge on any atom is 0.314 e. The van der Waals surface area contributed by atoms with E-state index in [9.17, 15) is 19.5 Å². The van der Waals surface area contributed by atoms with Crippen LogP contribution in [0.1, 0.15) is 39.0 Å². The summed E-state index contributed by atoms with van der Waals surface area (Å²) in [5.41, 5.74) is -1.70. The summed E-state index contributed by atoms with van der Waals surface area (Å²) in [5, 5.41) is 11.2. The van der Waals surface area contributed by atoms with Gasteiger partial charge in [-0.25, -0.2) is 0 Å². The summed E-state index contributed by atoms with van der Waals surface area (Å²) in [4.78, 5) is 40.7. The zero-order chi connectivity index (χ0) is 19.1. The number of carbonyl (C=O) groups excluding carboxylic acids is 3. The van der Waals surface area contributed by atoms with Crippen molar-refractivity contribution in [2.45, 2.75) is 55.2 Å². The Hall–Kier alpha value is -1.21. The van der Waals surface area contributed by atoms with Crippen LogP contribution in [0.3, 0.4) is 0 Å². The van der Waals surface area contributed by atoms with Crippen LogP contribution >= 0.6 is 15.9 Å². The fourth-order valence-electron chi connectivity index (χ4n) is 6.30. The molecule has 1 amide bonds. The van der Waals surface area contributed by atoms with E-state index >= 15 is 0 Å². The number of aliphatic hydroxyl groups is 1. The van der Waals surface area contributed by atoms with Gasteiger partial charge in [-0.2, -0.15) is 0 Å². The first-order valence-electron chi connectivity index (χ1n) is 9.97. The molecule has 27 heavy (non-hydrogen) atoms. The Labute approximate surface area is 166 Å². The maximum atomic E-state index is 13.8. The van der Waals surface area contributed by atoms with Crippen molar-refractivity contribution >= 4 is 33.6 Å². The minimum atomic E-state index is -1.70. The van der Waals surface area contributed by atoms with Crippen LogP contribution in [0.25, 0.3) is 0 Å². The van der Waals surface area contributed by atoms with Crippen LogP contribution in [0, 0.1) is 29.6 Å². The number of ether oxygens (including phenoxy) is 1. The van der Waals surface area contributed by atoms with E-state index in [-0.39, 0.29) is 30.1 Å². The largest absolute Gasteiger partial charge is 0.454 e. The van der Waals surface area contributed by atoms with E-state index in [0.29, 0.717) is 12.3 Å². The molecular formula is C20H24BrNO5. The van der Waals surface area contributed by atoms with Gasteiger partial charge in [0.25, 0.3) is 5.91 Å². The summed E-state index contributed by atoms with van der Waals surface area (Å²) in [6, 6.07) is 0. The fraction of sp³-hybridized carbons (Fsp3) is 0.750. The molecular weight excluding hydrogens is 414 g/mol. The van der Waals surface area contributed by atoms with Gasteiger partial charge in [-0.3, -0.25) is 14.4 Å². The molecule has 0 bridgehead atoms. The van der Waals surface area contributed by atoms with E-state index in [1.165, 1.54) is 4.90 Å². The Morgan fingerprint density at radius 2 is 2.00 bits per heavy atom. The van der Waals surface area contributed by atoms with Crippen LogP contribution in [-0.2, 0) is 19.1 Å². The third kappa shape index (κ3) is 2.02. The minimum Gasteiger partial charge on any atom is -0.454 e. The van der Waals surface area contributed by atoms with Crippen LogP contribution < -0.4 is 0 Å². The van der Waals surface area contributed by atoms with Gasteiger partial charge in [0, 0.05) is 12.5 Å². The molecule has 3 aliphatic heterocycles. The smallest absolute Gasteiger partial charge is 0.314 e. The second-order valence-electron chi connectivity index (χ2n) is 8.86. The number of ketones is 1. The molecule has 4 fully saturated rings. The number of rotatable bonds is 2. The molecule has 0 spiro atoms. The molecule has 1 unspecified atom stereocenters. The van der Waals surface area contributed by atoms with E-state index in [1.807, 2.05) is 6.92 Å². The third-order valence-corrected chi connectivity index (χ3v) is 8.78. The van der Waals surface area contributed by atoms with Crippen LogP contribution in [0.5, 0.6) is 0 Å². The summed E-state index contributed by atoms with van der Waals surface area (Å²) in [5.74, 6) is -1.70. The zero-order valence-electron chi connectivity index (χ0n) is 15.3. The molecule has 0 aromatic heterocycles. The van der Waals surface area contributed by atoms with Crippen LogP contribution in [0.15, 0.2) is 12.2 Å². The van der Waals surface area contributed by atoms with E-state index in [1.54, 1.807) is 0 Å². The zero-order valence-corrected chi connectivity index (χ0v) is 16.9. The second-order valence-corrected chi connectivity index (χ2v) is 10.1. The van der Waals surface area contributed by atoms with Crippen molar-refractivity contribution in [3.8, 4) is 0 Å². The van der Waals surface area contributed by atoms with Gasteiger partial charge in [-0.05, 0) is 37.0 Å². The average Bonchev–Trinajstić information content (AvgIpc) is 3.19. The van der Waals surface area contributed by atoms with E-state index in [4.69, 9.17) is 4.74 Å². The van der Waals surface area contributed by atoms with Gasteiger partial charge < -0.3 is 14.7 Å². The summed E-state index contributed by atoms with van der Waals surface area (Å²) in [7, 11) is 0. The molecule has 7 heteroatoms. The van der Waals surface area contributed by atoms with Gasteiger partial charge in [0.1, 0.15) is 5.92 Å². The highest BCUT2D eigenvalue weighted by Gasteiger charge is 2.80. The summed E-state index contributed by atoms with van der Waals surface area (Å²) >= 11 is 3.43. The number of Topliss-reactive ketones (excluding diaryl/α,β-unsaturated/α-hetero) is 1. The summed E-state index contributed by atoms with van der Waals surface area (Å²) < 4.78 is 3.77. The number of esters is 1. The van der Waals surface area contributed by atoms with E-state index in [0.717, 1.165) is 25.7 Å². The molecule has 1 N–H and O–H groups in total. The molecule has 6 nitrogen and oxygen atoms in total. The number of hydrogen-bond acceptors (Lipinski definition) is 5. The number of fused-ring (bicyclic) bond motifs is 1. The van der Waals surface area contributed by atoms with Crippen molar-refractivity contribution in [3.63, 3.8) is 0 Å². The molecule has 8 atom stereocenters. The second kappa shape index (κ2) is 5.66. The molecule has 0 radical (unpaired) electrons. The lowest BCUT2D eigenvalue weighted by Gasteiger charge is -2.43. The molecule has 3 heterocycles. The van der Waals surface area contributed by atoms with Gasteiger partial charge in [-0.15, -0.1) is 0 Å². The normalized spacial score (nSPS) is 50.6. The van der Waals surface area contributed by atoms with Crippen molar-refractivity contribution in [1.82, 2.24) is 4.90 Å². The molecule has 2 aliphatic carbocycles. The van der Waals surface area contributed by atoms with Crippen molar-refractivity contribution in [1.29, 1.82) is 0 Å². The standard InChI is InChI=1S/C20H24BrNO5/c1-10-6-7-11-4-2-3-5-12(11)14(10)15(23)19(21)17-20(26)13(16(24)27-17)8-9-22(20)18(19)25/h6-7,10-14,17,26H,2-5,8-9H2,1H3/t10-,11+,12-,13-,14?,17-,19-,20+/m0/s1. The highest BCUT2D eigenvalue weighted by molar-refractivity contribution is 9.10. The summed E-state index contributed by atoms with van der Waals surface area (Å²) in [6.45, 7) is 2.29. The first-order chi connectivity index (χ1) is 12.8. The highest BCUT2D eigenvalue weighted by Crippen LogP contribution is 2.57. The number of allylic oxidation sites excluding steroid dienone is 2. The van der Waals surface area contributed by atoms with Crippen LogP contribution in [0.2, 0.25) is 0 Å². The first-order valence-corrected chi connectivity index (χ1v) is 10.8. The fourth-order valence-corrected chi connectivity index (χ4v) is 7.20. The molecule has 0 aromatic rings. The Balaban J connectivity index is 1.55. The van der Waals surface area contributed by atoms with Gasteiger partial charge in [0.05, 0.1) is 0 Å². The Morgan fingerprint density at radius 3 is 2.78 bits per heavy atom. The van der Waals surface area contributed by atoms with Gasteiger partial charge in [-0.1, -0.05) is 47.8 Å². The van der Waals surface area contributed by atoms with Gasteiger partial charge in [0.15, 0.2) is 17.6 Å². The Bertz CT molecular complexity index is 767. The lowest BCUT2D eigenvalue weighted by atomic mass is 9.62. The van der Waals surface area contributed by atoms with Gasteiger partial charge in [0.2, 0.25) is 4.32 Å². The average molecular weight is 438 g/mol. The quantitative estimate of drug-likeness (QED) is 0.308. The third-order valence-electron chi connectivity index (χ3n) is 7.63. The minimum absolute atomic E-state index is 0.0112. The number of hydrogen-bond donors (Lipinski definition) is 1. The van der Waals surface area contributed by atoms with E-state index < -0.39 is 33.9 Å². The van der Waals surface area contributed by atoms with Gasteiger partial charge >= 0.3 is 5.97 Å². The monoisotopic (exact) mass is 437 g/mol. The molecule has 1 saturated carbocycles. The molecule has 0 aromatic carbocycles.